The fourth-order valence-electron chi connectivity index (χ4n) is 1.72. The van der Waals surface area contributed by atoms with E-state index in [-0.39, 0.29) is 6.03 Å². The molecule has 0 saturated heterocycles. The van der Waals surface area contributed by atoms with Gasteiger partial charge in [-0.3, -0.25) is 0 Å². The Kier molecular flexibility index (Phi) is 5.82. The molecule has 19 heavy (non-hydrogen) atoms. The number of aliphatic carboxylic acids is 1. The van der Waals surface area contributed by atoms with Crippen molar-refractivity contribution in [2.24, 2.45) is 5.92 Å². The number of carboxylic acid groups (broad SMARTS) is 1. The molecule has 1 rings (SSSR count). The first-order valence-corrected chi connectivity index (χ1v) is 7.15. The minimum atomic E-state index is -1.04. The van der Waals surface area contributed by atoms with E-state index in [2.05, 4.69) is 5.32 Å². The smallest absolute Gasteiger partial charge is 0.331 e. The molecule has 0 aliphatic carbocycles. The molecule has 0 aliphatic rings. The number of amides is 2. The fraction of sp³-hybridized carbons (Fsp3) is 0.538. The average Bonchev–Trinajstić information content (AvgIpc) is 2.85. The van der Waals surface area contributed by atoms with Gasteiger partial charge in [0.15, 0.2) is 6.04 Å². The summed E-state index contributed by atoms with van der Waals surface area (Å²) in [6.07, 6.45) is 0. The molecule has 2 N–H and O–H groups in total. The Balaban J connectivity index is 2.74. The number of hydrogen-bond acceptors (Lipinski definition) is 3. The van der Waals surface area contributed by atoms with Crippen LogP contribution in [0.3, 0.4) is 0 Å². The summed E-state index contributed by atoms with van der Waals surface area (Å²) in [5, 5.41) is 13.6. The zero-order chi connectivity index (χ0) is 14.4. The van der Waals surface area contributed by atoms with E-state index in [4.69, 9.17) is 0 Å². The highest BCUT2D eigenvalue weighted by Gasteiger charge is 2.25. The summed E-state index contributed by atoms with van der Waals surface area (Å²) in [4.78, 5) is 25.6. The van der Waals surface area contributed by atoms with Crippen LogP contribution in [-0.4, -0.2) is 35.1 Å². The maximum Gasteiger partial charge on any atom is 0.331 e. The molecule has 1 unspecified atom stereocenters. The number of hydrogen-bond donors (Lipinski definition) is 2. The Hall–Kier alpha value is -1.56. The summed E-state index contributed by atoms with van der Waals surface area (Å²) in [6.45, 7) is 7.08. The topological polar surface area (TPSA) is 69.6 Å². The van der Waals surface area contributed by atoms with Gasteiger partial charge in [0.25, 0.3) is 0 Å². The summed E-state index contributed by atoms with van der Waals surface area (Å²) in [7, 11) is 0. The predicted octanol–water partition coefficient (Wildman–Crippen LogP) is 2.56. The van der Waals surface area contributed by atoms with Crippen molar-refractivity contribution in [1.29, 1.82) is 0 Å². The van der Waals surface area contributed by atoms with Crippen molar-refractivity contribution >= 4 is 23.3 Å². The van der Waals surface area contributed by atoms with Crippen molar-refractivity contribution in [3.8, 4) is 0 Å². The number of nitrogens with zero attached hydrogens (tertiary/aromatic N) is 1. The second-order valence-electron chi connectivity index (χ2n) is 4.67. The largest absolute Gasteiger partial charge is 0.479 e. The normalized spacial score (nSPS) is 12.2. The van der Waals surface area contributed by atoms with E-state index in [0.29, 0.717) is 23.9 Å². The highest BCUT2D eigenvalue weighted by molar-refractivity contribution is 7.10. The second-order valence-corrected chi connectivity index (χ2v) is 5.65. The predicted molar refractivity (Wildman–Crippen MR) is 75.3 cm³/mol. The van der Waals surface area contributed by atoms with Crippen LogP contribution in [0.5, 0.6) is 0 Å². The molecule has 1 aromatic heterocycles. The zero-order valence-corrected chi connectivity index (χ0v) is 12.2. The standard InChI is InChI=1S/C13H20N2O3S/c1-4-15(8-9(2)3)13(18)14-11(12(16)17)10-6-5-7-19-10/h5-7,9,11H,4,8H2,1-3H3,(H,14,18)(H,16,17). The molecule has 0 aliphatic heterocycles. The van der Waals surface area contributed by atoms with Gasteiger partial charge in [0, 0.05) is 18.0 Å². The van der Waals surface area contributed by atoms with Crippen LogP contribution >= 0.6 is 11.3 Å². The quantitative estimate of drug-likeness (QED) is 0.843. The molecule has 1 atom stereocenters. The van der Waals surface area contributed by atoms with Gasteiger partial charge in [0.1, 0.15) is 0 Å². The molecule has 0 saturated carbocycles. The highest BCUT2D eigenvalue weighted by atomic mass is 32.1. The Bertz CT molecular complexity index is 418. The first kappa shape index (κ1) is 15.5. The lowest BCUT2D eigenvalue weighted by atomic mass is 10.2. The number of thiophene rings is 1. The summed E-state index contributed by atoms with van der Waals surface area (Å²) < 4.78 is 0. The van der Waals surface area contributed by atoms with Gasteiger partial charge in [-0.25, -0.2) is 9.59 Å². The molecule has 0 spiro atoms. The van der Waals surface area contributed by atoms with Gasteiger partial charge in [-0.2, -0.15) is 0 Å². The monoisotopic (exact) mass is 284 g/mol. The molecule has 1 heterocycles. The maximum absolute atomic E-state index is 12.1. The molecule has 6 heteroatoms. The van der Waals surface area contributed by atoms with Crippen LogP contribution in [-0.2, 0) is 4.79 Å². The molecule has 2 amide bonds. The van der Waals surface area contributed by atoms with Gasteiger partial charge in [-0.1, -0.05) is 19.9 Å². The molecule has 1 aromatic rings. The summed E-state index contributed by atoms with van der Waals surface area (Å²) in [5.74, 6) is -0.702. The van der Waals surface area contributed by atoms with Gasteiger partial charge in [0.2, 0.25) is 0 Å². The average molecular weight is 284 g/mol. The number of carbonyl (C=O) groups excluding carboxylic acids is 1. The van der Waals surface area contributed by atoms with Gasteiger partial charge >= 0.3 is 12.0 Å². The Morgan fingerprint density at radius 3 is 2.58 bits per heavy atom. The molecular weight excluding hydrogens is 264 g/mol. The van der Waals surface area contributed by atoms with Crippen LogP contribution in [0, 0.1) is 5.92 Å². The van der Waals surface area contributed by atoms with Crippen LogP contribution in [0.25, 0.3) is 0 Å². The van der Waals surface area contributed by atoms with Crippen molar-refractivity contribution in [2.45, 2.75) is 26.8 Å². The van der Waals surface area contributed by atoms with Crippen molar-refractivity contribution in [3.05, 3.63) is 22.4 Å². The molecule has 106 valence electrons. The van der Waals surface area contributed by atoms with Crippen LogP contribution in [0.2, 0.25) is 0 Å². The Labute approximate surface area is 117 Å². The van der Waals surface area contributed by atoms with Crippen LogP contribution < -0.4 is 5.32 Å². The molecule has 0 fully saturated rings. The lowest BCUT2D eigenvalue weighted by Gasteiger charge is -2.25. The zero-order valence-electron chi connectivity index (χ0n) is 11.4. The lowest BCUT2D eigenvalue weighted by molar-refractivity contribution is -0.139. The maximum atomic E-state index is 12.1. The second kappa shape index (κ2) is 7.13. The van der Waals surface area contributed by atoms with E-state index in [9.17, 15) is 14.7 Å². The summed E-state index contributed by atoms with van der Waals surface area (Å²) in [6, 6.07) is 2.17. The number of carboxylic acids is 1. The number of urea groups is 1. The molecule has 0 aromatic carbocycles. The van der Waals surface area contributed by atoms with Crippen LogP contribution in [0.15, 0.2) is 17.5 Å². The third-order valence-electron chi connectivity index (χ3n) is 2.60. The molecule has 5 nitrogen and oxygen atoms in total. The third-order valence-corrected chi connectivity index (χ3v) is 3.53. The fourth-order valence-corrected chi connectivity index (χ4v) is 2.49. The first-order chi connectivity index (χ1) is 8.95. The number of nitrogens with one attached hydrogen (secondary N) is 1. The highest BCUT2D eigenvalue weighted by Crippen LogP contribution is 2.19. The van der Waals surface area contributed by atoms with E-state index in [1.807, 2.05) is 20.8 Å². The molecule has 0 radical (unpaired) electrons. The SMILES string of the molecule is CCN(CC(C)C)C(=O)NC(C(=O)O)c1cccs1. The van der Waals surface area contributed by atoms with Crippen molar-refractivity contribution in [1.82, 2.24) is 10.2 Å². The molecule has 0 bridgehead atoms. The van der Waals surface area contributed by atoms with Crippen molar-refractivity contribution in [2.75, 3.05) is 13.1 Å². The van der Waals surface area contributed by atoms with Gasteiger partial charge < -0.3 is 15.3 Å². The third kappa shape index (κ3) is 4.55. The minimum Gasteiger partial charge on any atom is -0.479 e. The van der Waals surface area contributed by atoms with Crippen LogP contribution in [0.4, 0.5) is 4.79 Å². The van der Waals surface area contributed by atoms with E-state index in [1.54, 1.807) is 22.4 Å². The number of rotatable bonds is 6. The van der Waals surface area contributed by atoms with E-state index in [0.717, 1.165) is 0 Å². The van der Waals surface area contributed by atoms with Gasteiger partial charge in [0.05, 0.1) is 0 Å². The van der Waals surface area contributed by atoms with Gasteiger partial charge in [-0.05, 0) is 24.3 Å². The first-order valence-electron chi connectivity index (χ1n) is 6.27. The Morgan fingerprint density at radius 1 is 1.47 bits per heavy atom. The minimum absolute atomic E-state index is 0.336. The molecular formula is C13H20N2O3S. The van der Waals surface area contributed by atoms with E-state index >= 15 is 0 Å². The van der Waals surface area contributed by atoms with E-state index < -0.39 is 12.0 Å². The number of carbonyl (C=O) groups is 2. The van der Waals surface area contributed by atoms with Crippen molar-refractivity contribution in [3.63, 3.8) is 0 Å². The van der Waals surface area contributed by atoms with Gasteiger partial charge in [-0.15, -0.1) is 11.3 Å². The lowest BCUT2D eigenvalue weighted by Crippen LogP contribution is -2.44. The summed E-state index contributed by atoms with van der Waals surface area (Å²) in [5.41, 5.74) is 0. The summed E-state index contributed by atoms with van der Waals surface area (Å²) >= 11 is 1.32. The Morgan fingerprint density at radius 2 is 2.16 bits per heavy atom. The van der Waals surface area contributed by atoms with E-state index in [1.165, 1.54) is 11.3 Å². The van der Waals surface area contributed by atoms with Crippen LogP contribution in [0.1, 0.15) is 31.7 Å². The van der Waals surface area contributed by atoms with Crippen molar-refractivity contribution < 1.29 is 14.7 Å².